The predicted octanol–water partition coefficient (Wildman–Crippen LogP) is 2.94. The number of fused-ring (bicyclic) bond motifs is 2. The van der Waals surface area contributed by atoms with Crippen molar-refractivity contribution in [3.8, 4) is 11.5 Å². The van der Waals surface area contributed by atoms with Crippen molar-refractivity contribution in [3.63, 3.8) is 0 Å². The summed E-state index contributed by atoms with van der Waals surface area (Å²) in [4.78, 5) is 15.8. The van der Waals surface area contributed by atoms with Crippen molar-refractivity contribution < 1.29 is 14.2 Å². The molecule has 2 aromatic heterocycles. The number of morpholine rings is 1. The van der Waals surface area contributed by atoms with Crippen molar-refractivity contribution in [2.45, 2.75) is 10.8 Å². The summed E-state index contributed by atoms with van der Waals surface area (Å²) in [6.07, 6.45) is 1.59. The summed E-state index contributed by atoms with van der Waals surface area (Å²) in [5.74, 6) is 2.41. The van der Waals surface area contributed by atoms with E-state index in [1.54, 1.807) is 29.4 Å². The fourth-order valence-corrected chi connectivity index (χ4v) is 4.98. The molecular weight excluding hydrogens is 372 g/mol. The highest BCUT2D eigenvalue weighted by atomic mass is 32.2. The molecule has 9 heteroatoms. The van der Waals surface area contributed by atoms with Gasteiger partial charge in [0.25, 0.3) is 0 Å². The molecular formula is C17H16N4O3S2. The number of benzene rings is 1. The number of rotatable bonds is 4. The highest BCUT2D eigenvalue weighted by molar-refractivity contribution is 7.98. The molecule has 4 heterocycles. The van der Waals surface area contributed by atoms with Gasteiger partial charge in [-0.3, -0.25) is 0 Å². The molecule has 2 aliphatic rings. The third-order valence-electron chi connectivity index (χ3n) is 4.24. The minimum Gasteiger partial charge on any atom is -0.454 e. The fraction of sp³-hybridized carbons (Fsp3) is 0.353. The summed E-state index contributed by atoms with van der Waals surface area (Å²) >= 11 is 3.34. The summed E-state index contributed by atoms with van der Waals surface area (Å²) in [6.45, 7) is 3.52. The monoisotopic (exact) mass is 388 g/mol. The number of aromatic nitrogens is 3. The zero-order valence-electron chi connectivity index (χ0n) is 13.9. The number of hydrogen-bond acceptors (Lipinski definition) is 9. The highest BCUT2D eigenvalue weighted by Gasteiger charge is 2.18. The maximum absolute atomic E-state index is 5.45. The van der Waals surface area contributed by atoms with E-state index in [9.17, 15) is 0 Å². The summed E-state index contributed by atoms with van der Waals surface area (Å²) in [7, 11) is 0. The molecule has 3 aromatic rings. The van der Waals surface area contributed by atoms with E-state index in [1.807, 2.05) is 12.1 Å². The lowest BCUT2D eigenvalue weighted by atomic mass is 10.2. The van der Waals surface area contributed by atoms with E-state index in [0.717, 1.165) is 64.1 Å². The molecule has 1 aromatic carbocycles. The van der Waals surface area contributed by atoms with Gasteiger partial charge in [-0.1, -0.05) is 17.4 Å². The molecule has 0 unspecified atom stereocenters. The van der Waals surface area contributed by atoms with Crippen molar-refractivity contribution >= 4 is 38.6 Å². The van der Waals surface area contributed by atoms with Gasteiger partial charge in [-0.05, 0) is 17.7 Å². The second kappa shape index (κ2) is 6.90. The number of anilines is 1. The Morgan fingerprint density at radius 1 is 1.12 bits per heavy atom. The minimum atomic E-state index is 0.295. The van der Waals surface area contributed by atoms with Gasteiger partial charge in [0, 0.05) is 18.8 Å². The Kier molecular flexibility index (Phi) is 4.27. The number of thiazole rings is 1. The first kappa shape index (κ1) is 16.1. The maximum Gasteiger partial charge on any atom is 0.231 e. The van der Waals surface area contributed by atoms with Gasteiger partial charge in [-0.25, -0.2) is 9.97 Å². The van der Waals surface area contributed by atoms with E-state index in [-0.39, 0.29) is 0 Å². The standard InChI is InChI=1S/C17H16N4O3S2/c1-2-12-13(24-10-23-12)7-11(1)8-25-16-14-15(18-9-19-16)20-17(26-14)21-3-5-22-6-4-21/h1-2,7,9H,3-6,8,10H2. The number of thioether (sulfide) groups is 1. The smallest absolute Gasteiger partial charge is 0.231 e. The van der Waals surface area contributed by atoms with Crippen molar-refractivity contribution in [3.05, 3.63) is 30.1 Å². The molecule has 1 fully saturated rings. The van der Waals surface area contributed by atoms with Crippen LogP contribution in [0.25, 0.3) is 10.3 Å². The molecule has 1 saturated heterocycles. The number of nitrogens with zero attached hydrogens (tertiary/aromatic N) is 4. The first-order chi connectivity index (χ1) is 12.9. The van der Waals surface area contributed by atoms with Crippen LogP contribution >= 0.6 is 23.1 Å². The van der Waals surface area contributed by atoms with Gasteiger partial charge in [0.15, 0.2) is 22.3 Å². The van der Waals surface area contributed by atoms with Crippen LogP contribution in [-0.4, -0.2) is 48.0 Å². The molecule has 134 valence electrons. The van der Waals surface area contributed by atoms with Crippen LogP contribution in [0.15, 0.2) is 29.6 Å². The van der Waals surface area contributed by atoms with Gasteiger partial charge in [0.05, 0.1) is 13.2 Å². The molecule has 0 atom stereocenters. The van der Waals surface area contributed by atoms with Crippen LogP contribution in [0.5, 0.6) is 11.5 Å². The van der Waals surface area contributed by atoms with Crippen LogP contribution in [0.3, 0.4) is 0 Å². The van der Waals surface area contributed by atoms with Gasteiger partial charge in [0.1, 0.15) is 16.1 Å². The van der Waals surface area contributed by atoms with Crippen LogP contribution in [0.2, 0.25) is 0 Å². The summed E-state index contributed by atoms with van der Waals surface area (Å²) < 4.78 is 17.3. The fourth-order valence-electron chi connectivity index (χ4n) is 2.90. The van der Waals surface area contributed by atoms with Gasteiger partial charge >= 0.3 is 0 Å². The lowest BCUT2D eigenvalue weighted by Gasteiger charge is -2.25. The van der Waals surface area contributed by atoms with E-state index >= 15 is 0 Å². The Balaban J connectivity index is 1.37. The second-order valence-corrected chi connectivity index (χ2v) is 7.85. The first-order valence-electron chi connectivity index (χ1n) is 8.32. The summed E-state index contributed by atoms with van der Waals surface area (Å²) in [5.41, 5.74) is 1.93. The van der Waals surface area contributed by atoms with Crippen molar-refractivity contribution in [2.75, 3.05) is 38.0 Å². The molecule has 0 spiro atoms. The van der Waals surface area contributed by atoms with Crippen LogP contribution < -0.4 is 14.4 Å². The van der Waals surface area contributed by atoms with Crippen molar-refractivity contribution in [2.24, 2.45) is 0 Å². The Morgan fingerprint density at radius 3 is 2.92 bits per heavy atom. The maximum atomic E-state index is 5.45. The third-order valence-corrected chi connectivity index (χ3v) is 6.54. The van der Waals surface area contributed by atoms with Crippen LogP contribution in [0, 0.1) is 0 Å². The van der Waals surface area contributed by atoms with E-state index in [4.69, 9.17) is 14.2 Å². The Hall–Kier alpha value is -2.10. The molecule has 0 radical (unpaired) electrons. The van der Waals surface area contributed by atoms with Crippen molar-refractivity contribution in [1.29, 1.82) is 0 Å². The average Bonchev–Trinajstić information content (AvgIpc) is 3.33. The minimum absolute atomic E-state index is 0.295. The van der Waals surface area contributed by atoms with Gasteiger partial charge in [0.2, 0.25) is 6.79 Å². The summed E-state index contributed by atoms with van der Waals surface area (Å²) in [5, 5.41) is 1.96. The van der Waals surface area contributed by atoms with E-state index in [2.05, 4.69) is 25.9 Å². The van der Waals surface area contributed by atoms with Crippen molar-refractivity contribution in [1.82, 2.24) is 15.0 Å². The Morgan fingerprint density at radius 2 is 2.00 bits per heavy atom. The average molecular weight is 388 g/mol. The predicted molar refractivity (Wildman–Crippen MR) is 100 cm³/mol. The molecule has 0 amide bonds. The van der Waals surface area contributed by atoms with E-state index < -0.39 is 0 Å². The molecule has 7 nitrogen and oxygen atoms in total. The SMILES string of the molecule is c1nc(SCc2ccc3c(c2)OCO3)c2sc(N3CCOCC3)nc2n1. The van der Waals surface area contributed by atoms with E-state index in [0.29, 0.717) is 6.79 Å². The molecule has 5 rings (SSSR count). The second-order valence-electron chi connectivity index (χ2n) is 5.90. The lowest BCUT2D eigenvalue weighted by molar-refractivity contribution is 0.122. The molecule has 0 N–H and O–H groups in total. The normalized spacial score (nSPS) is 16.4. The Bertz CT molecular complexity index is 943. The zero-order valence-corrected chi connectivity index (χ0v) is 15.5. The summed E-state index contributed by atoms with van der Waals surface area (Å²) in [6, 6.07) is 6.04. The molecule has 2 aliphatic heterocycles. The quantitative estimate of drug-likeness (QED) is 0.499. The zero-order chi connectivity index (χ0) is 17.3. The van der Waals surface area contributed by atoms with Gasteiger partial charge in [-0.2, -0.15) is 4.98 Å². The number of ether oxygens (including phenoxy) is 3. The molecule has 0 saturated carbocycles. The first-order valence-corrected chi connectivity index (χ1v) is 10.1. The molecule has 0 bridgehead atoms. The third kappa shape index (κ3) is 3.06. The van der Waals surface area contributed by atoms with Crippen LogP contribution in [0.1, 0.15) is 5.56 Å². The van der Waals surface area contributed by atoms with Gasteiger partial charge < -0.3 is 19.1 Å². The van der Waals surface area contributed by atoms with Gasteiger partial charge in [-0.15, -0.1) is 11.8 Å². The molecule has 0 aliphatic carbocycles. The van der Waals surface area contributed by atoms with Crippen LogP contribution in [-0.2, 0) is 10.5 Å². The van der Waals surface area contributed by atoms with E-state index in [1.165, 1.54) is 5.56 Å². The number of hydrogen-bond donors (Lipinski definition) is 0. The van der Waals surface area contributed by atoms with Crippen LogP contribution in [0.4, 0.5) is 5.13 Å². The largest absolute Gasteiger partial charge is 0.454 e. The lowest BCUT2D eigenvalue weighted by Crippen LogP contribution is -2.36. The highest BCUT2D eigenvalue weighted by Crippen LogP contribution is 2.37. The molecule has 26 heavy (non-hydrogen) atoms. The topological polar surface area (TPSA) is 69.6 Å². The Labute approximate surface area is 158 Å².